The van der Waals surface area contributed by atoms with Crippen molar-refractivity contribution in [1.82, 2.24) is 4.98 Å². The second-order valence-corrected chi connectivity index (χ2v) is 3.57. The fraction of sp³-hybridized carbons (Fsp3) is 0.538. The van der Waals surface area contributed by atoms with Gasteiger partial charge in [0.15, 0.2) is 0 Å². The highest BCUT2D eigenvalue weighted by Gasteiger charge is 2.06. The van der Waals surface area contributed by atoms with Crippen molar-refractivity contribution in [3.8, 4) is 5.88 Å². The van der Waals surface area contributed by atoms with Crippen molar-refractivity contribution in [2.75, 3.05) is 26.4 Å². The summed E-state index contributed by atoms with van der Waals surface area (Å²) in [6.07, 6.45) is 2.44. The summed E-state index contributed by atoms with van der Waals surface area (Å²) in [5, 5.41) is 0. The average molecular weight is 253 g/mol. The lowest BCUT2D eigenvalue weighted by molar-refractivity contribution is 0.0525. The van der Waals surface area contributed by atoms with Crippen LogP contribution in [-0.4, -0.2) is 37.4 Å². The Morgan fingerprint density at radius 3 is 2.67 bits per heavy atom. The molecular formula is C13H19NO4. The third-order valence-corrected chi connectivity index (χ3v) is 2.07. The molecule has 0 radical (unpaired) electrons. The van der Waals surface area contributed by atoms with Crippen molar-refractivity contribution in [2.45, 2.75) is 20.3 Å². The van der Waals surface area contributed by atoms with Crippen LogP contribution in [0.25, 0.3) is 0 Å². The molecular weight excluding hydrogens is 234 g/mol. The van der Waals surface area contributed by atoms with Gasteiger partial charge >= 0.3 is 5.97 Å². The van der Waals surface area contributed by atoms with Crippen LogP contribution in [0.2, 0.25) is 0 Å². The normalized spacial score (nSPS) is 10.1. The molecule has 1 heterocycles. The molecule has 0 aliphatic heterocycles. The van der Waals surface area contributed by atoms with E-state index in [2.05, 4.69) is 11.9 Å². The van der Waals surface area contributed by atoms with Gasteiger partial charge in [-0.05, 0) is 19.4 Å². The zero-order valence-electron chi connectivity index (χ0n) is 10.8. The van der Waals surface area contributed by atoms with Crippen LogP contribution in [0.3, 0.4) is 0 Å². The van der Waals surface area contributed by atoms with Crippen LogP contribution in [-0.2, 0) is 9.47 Å². The minimum Gasteiger partial charge on any atom is -0.475 e. The number of hydrogen-bond donors (Lipinski definition) is 0. The molecule has 1 rings (SSSR count). The summed E-state index contributed by atoms with van der Waals surface area (Å²) in [6, 6.07) is 3.28. The van der Waals surface area contributed by atoms with Gasteiger partial charge < -0.3 is 14.2 Å². The Kier molecular flexibility index (Phi) is 6.79. The Balaban J connectivity index is 2.33. The SMILES string of the molecule is CCCOCCOc1ccc(C(=O)OCC)cn1. The lowest BCUT2D eigenvalue weighted by atomic mass is 10.3. The number of nitrogens with zero attached hydrogens (tertiary/aromatic N) is 1. The Hall–Kier alpha value is -1.62. The van der Waals surface area contributed by atoms with E-state index in [9.17, 15) is 4.79 Å². The van der Waals surface area contributed by atoms with E-state index in [1.165, 1.54) is 6.20 Å². The van der Waals surface area contributed by atoms with Crippen LogP contribution < -0.4 is 4.74 Å². The fourth-order valence-corrected chi connectivity index (χ4v) is 1.25. The van der Waals surface area contributed by atoms with Crippen LogP contribution in [0.5, 0.6) is 5.88 Å². The summed E-state index contributed by atoms with van der Waals surface area (Å²) in [7, 11) is 0. The highest BCUT2D eigenvalue weighted by molar-refractivity contribution is 5.89. The van der Waals surface area contributed by atoms with Gasteiger partial charge in [-0.3, -0.25) is 0 Å². The first kappa shape index (κ1) is 14.4. The minimum absolute atomic E-state index is 0.353. The van der Waals surface area contributed by atoms with Crippen molar-refractivity contribution in [2.24, 2.45) is 0 Å². The van der Waals surface area contributed by atoms with Crippen molar-refractivity contribution in [1.29, 1.82) is 0 Å². The molecule has 0 atom stereocenters. The van der Waals surface area contributed by atoms with E-state index in [4.69, 9.17) is 14.2 Å². The third-order valence-electron chi connectivity index (χ3n) is 2.07. The summed E-state index contributed by atoms with van der Waals surface area (Å²) in [4.78, 5) is 15.4. The molecule has 5 nitrogen and oxygen atoms in total. The second kappa shape index (κ2) is 8.47. The molecule has 0 saturated heterocycles. The Morgan fingerprint density at radius 2 is 2.06 bits per heavy atom. The van der Waals surface area contributed by atoms with Crippen LogP contribution in [0.1, 0.15) is 30.6 Å². The van der Waals surface area contributed by atoms with Crippen molar-refractivity contribution < 1.29 is 19.0 Å². The Bertz CT molecular complexity index is 351. The van der Waals surface area contributed by atoms with Gasteiger partial charge in [-0.2, -0.15) is 0 Å². The standard InChI is InChI=1S/C13H19NO4/c1-3-7-16-8-9-18-12-6-5-11(10-14-12)13(15)17-4-2/h5-6,10H,3-4,7-9H2,1-2H3. The number of esters is 1. The van der Waals surface area contributed by atoms with Crippen LogP contribution in [0.4, 0.5) is 0 Å². The summed E-state index contributed by atoms with van der Waals surface area (Å²) < 4.78 is 15.5. The van der Waals surface area contributed by atoms with Gasteiger partial charge in [0, 0.05) is 18.9 Å². The molecule has 0 amide bonds. The first-order valence-corrected chi connectivity index (χ1v) is 6.11. The lowest BCUT2D eigenvalue weighted by Crippen LogP contribution is -2.09. The summed E-state index contributed by atoms with van der Waals surface area (Å²) in [5.41, 5.74) is 0.423. The zero-order valence-corrected chi connectivity index (χ0v) is 10.8. The highest BCUT2D eigenvalue weighted by atomic mass is 16.5. The molecule has 0 unspecified atom stereocenters. The van der Waals surface area contributed by atoms with E-state index in [1.807, 2.05) is 0 Å². The molecule has 18 heavy (non-hydrogen) atoms. The van der Waals surface area contributed by atoms with E-state index < -0.39 is 0 Å². The van der Waals surface area contributed by atoms with Crippen molar-refractivity contribution >= 4 is 5.97 Å². The number of pyridine rings is 1. The molecule has 0 bridgehead atoms. The van der Waals surface area contributed by atoms with Gasteiger partial charge in [-0.15, -0.1) is 0 Å². The van der Waals surface area contributed by atoms with E-state index in [1.54, 1.807) is 19.1 Å². The zero-order chi connectivity index (χ0) is 13.2. The molecule has 0 spiro atoms. The van der Waals surface area contributed by atoms with E-state index in [-0.39, 0.29) is 5.97 Å². The largest absolute Gasteiger partial charge is 0.475 e. The molecule has 0 aliphatic carbocycles. The predicted octanol–water partition coefficient (Wildman–Crippen LogP) is 2.06. The van der Waals surface area contributed by atoms with Gasteiger partial charge in [0.1, 0.15) is 6.61 Å². The summed E-state index contributed by atoms with van der Waals surface area (Å²) in [5.74, 6) is 0.103. The Morgan fingerprint density at radius 1 is 1.22 bits per heavy atom. The van der Waals surface area contributed by atoms with Crippen LogP contribution >= 0.6 is 0 Å². The molecule has 0 aliphatic rings. The first-order chi connectivity index (χ1) is 8.77. The van der Waals surface area contributed by atoms with Gasteiger partial charge in [-0.25, -0.2) is 9.78 Å². The van der Waals surface area contributed by atoms with E-state index >= 15 is 0 Å². The minimum atomic E-state index is -0.372. The van der Waals surface area contributed by atoms with Crippen LogP contribution in [0, 0.1) is 0 Å². The number of carbonyl (C=O) groups excluding carboxylic acids is 1. The monoisotopic (exact) mass is 253 g/mol. The topological polar surface area (TPSA) is 57.7 Å². The fourth-order valence-electron chi connectivity index (χ4n) is 1.25. The number of rotatable bonds is 8. The summed E-state index contributed by atoms with van der Waals surface area (Å²) in [6.45, 7) is 5.89. The Labute approximate surface area is 107 Å². The molecule has 1 aromatic rings. The van der Waals surface area contributed by atoms with Gasteiger partial charge in [0.25, 0.3) is 0 Å². The maximum absolute atomic E-state index is 11.4. The lowest BCUT2D eigenvalue weighted by Gasteiger charge is -2.06. The van der Waals surface area contributed by atoms with Gasteiger partial charge in [0.2, 0.25) is 5.88 Å². The summed E-state index contributed by atoms with van der Waals surface area (Å²) >= 11 is 0. The van der Waals surface area contributed by atoms with Gasteiger partial charge in [-0.1, -0.05) is 6.92 Å². The van der Waals surface area contributed by atoms with E-state index in [0.29, 0.717) is 31.3 Å². The maximum Gasteiger partial charge on any atom is 0.339 e. The number of ether oxygens (including phenoxy) is 3. The van der Waals surface area contributed by atoms with Crippen molar-refractivity contribution in [3.63, 3.8) is 0 Å². The molecule has 0 N–H and O–H groups in total. The quantitative estimate of drug-likeness (QED) is 0.524. The number of aromatic nitrogens is 1. The highest BCUT2D eigenvalue weighted by Crippen LogP contribution is 2.08. The third kappa shape index (κ3) is 5.14. The molecule has 0 fully saturated rings. The average Bonchev–Trinajstić information content (AvgIpc) is 2.39. The molecule has 0 aromatic carbocycles. The molecule has 1 aromatic heterocycles. The number of carbonyl (C=O) groups is 1. The first-order valence-electron chi connectivity index (χ1n) is 6.11. The number of hydrogen-bond acceptors (Lipinski definition) is 5. The van der Waals surface area contributed by atoms with Crippen molar-refractivity contribution in [3.05, 3.63) is 23.9 Å². The molecule has 100 valence electrons. The van der Waals surface area contributed by atoms with Gasteiger partial charge in [0.05, 0.1) is 18.8 Å². The predicted molar refractivity (Wildman–Crippen MR) is 66.8 cm³/mol. The molecule has 5 heteroatoms. The smallest absolute Gasteiger partial charge is 0.339 e. The second-order valence-electron chi connectivity index (χ2n) is 3.57. The van der Waals surface area contributed by atoms with Crippen LogP contribution in [0.15, 0.2) is 18.3 Å². The maximum atomic E-state index is 11.4. The molecule has 0 saturated carbocycles. The van der Waals surface area contributed by atoms with E-state index in [0.717, 1.165) is 13.0 Å².